The molecule has 2 aromatic heterocycles. The lowest BCUT2D eigenvalue weighted by Gasteiger charge is -2.20. The van der Waals surface area contributed by atoms with Crippen molar-refractivity contribution in [2.45, 2.75) is 30.8 Å². The fourth-order valence-corrected chi connectivity index (χ4v) is 4.13. The maximum atomic E-state index is 14.4. The van der Waals surface area contributed by atoms with Crippen molar-refractivity contribution in [2.24, 2.45) is 0 Å². The van der Waals surface area contributed by atoms with Crippen molar-refractivity contribution in [2.75, 3.05) is 25.1 Å². The molecule has 1 aliphatic heterocycles. The van der Waals surface area contributed by atoms with E-state index in [9.17, 15) is 4.39 Å². The zero-order valence-electron chi connectivity index (χ0n) is 16.2. The Hall–Kier alpha value is -2.93. The topological polar surface area (TPSA) is 64.0 Å². The first-order valence-electron chi connectivity index (χ1n) is 9.89. The molecule has 29 heavy (non-hydrogen) atoms. The molecule has 7 heteroatoms. The normalized spacial score (nSPS) is 23.4. The summed E-state index contributed by atoms with van der Waals surface area (Å²) in [6.07, 6.45) is 9.21. The summed E-state index contributed by atoms with van der Waals surface area (Å²) in [6, 6.07) is 7.26. The van der Waals surface area contributed by atoms with E-state index in [1.165, 1.54) is 5.56 Å². The molecule has 1 aliphatic carbocycles. The van der Waals surface area contributed by atoms with E-state index in [4.69, 9.17) is 4.74 Å². The van der Waals surface area contributed by atoms with Gasteiger partial charge in [-0.25, -0.2) is 24.3 Å². The van der Waals surface area contributed by atoms with Crippen LogP contribution in [0.25, 0.3) is 11.6 Å². The number of anilines is 1. The summed E-state index contributed by atoms with van der Waals surface area (Å²) in [5.41, 5.74) is 2.95. The van der Waals surface area contributed by atoms with E-state index in [-0.39, 0.29) is 11.9 Å². The van der Waals surface area contributed by atoms with E-state index in [1.807, 2.05) is 24.5 Å². The standard InChI is InChI=1S/C22H22FN5O/c1-29-16-5-8-28(13-16)20-9-14(3-4-19(20)23)17-10-18(17)15-11-26-22(27-12-15)21-24-6-2-7-25-21/h2-4,6-7,9,11-12,16-18H,5,8,10,13H2,1H3/t16-,17-,18-/m0/s1. The number of hydrogen-bond donors (Lipinski definition) is 0. The van der Waals surface area contributed by atoms with Gasteiger partial charge in [-0.1, -0.05) is 6.07 Å². The van der Waals surface area contributed by atoms with Crippen LogP contribution in [0.3, 0.4) is 0 Å². The maximum absolute atomic E-state index is 14.4. The summed E-state index contributed by atoms with van der Waals surface area (Å²) in [5.74, 6) is 1.62. The molecule has 3 aromatic rings. The van der Waals surface area contributed by atoms with Gasteiger partial charge in [-0.3, -0.25) is 0 Å². The van der Waals surface area contributed by atoms with Crippen LogP contribution >= 0.6 is 0 Å². The molecule has 3 atom stereocenters. The molecule has 3 heterocycles. The zero-order valence-corrected chi connectivity index (χ0v) is 16.2. The number of ether oxygens (including phenoxy) is 1. The third-order valence-electron chi connectivity index (χ3n) is 5.87. The second-order valence-electron chi connectivity index (χ2n) is 7.66. The van der Waals surface area contributed by atoms with Crippen LogP contribution in [0.15, 0.2) is 49.1 Å². The van der Waals surface area contributed by atoms with Gasteiger partial charge >= 0.3 is 0 Å². The molecule has 148 valence electrons. The first kappa shape index (κ1) is 18.1. The summed E-state index contributed by atoms with van der Waals surface area (Å²) in [5, 5.41) is 0. The van der Waals surface area contributed by atoms with Crippen LogP contribution in [0, 0.1) is 5.82 Å². The molecule has 1 saturated carbocycles. The third kappa shape index (κ3) is 3.58. The highest BCUT2D eigenvalue weighted by atomic mass is 19.1. The van der Waals surface area contributed by atoms with Crippen LogP contribution < -0.4 is 4.90 Å². The minimum atomic E-state index is -0.168. The van der Waals surface area contributed by atoms with Crippen molar-refractivity contribution in [3.63, 3.8) is 0 Å². The fraction of sp³-hybridized carbons (Fsp3) is 0.364. The Morgan fingerprint density at radius 3 is 2.45 bits per heavy atom. The summed E-state index contributed by atoms with van der Waals surface area (Å²) in [7, 11) is 1.72. The number of benzene rings is 1. The van der Waals surface area contributed by atoms with E-state index in [1.54, 1.807) is 31.6 Å². The summed E-state index contributed by atoms with van der Waals surface area (Å²) < 4.78 is 19.9. The number of methoxy groups -OCH3 is 1. The molecule has 5 rings (SSSR count). The number of nitrogens with zero attached hydrogens (tertiary/aromatic N) is 5. The quantitative estimate of drug-likeness (QED) is 0.663. The van der Waals surface area contributed by atoms with Crippen LogP contribution in [-0.2, 0) is 4.74 Å². The molecule has 6 nitrogen and oxygen atoms in total. The Morgan fingerprint density at radius 2 is 1.72 bits per heavy atom. The SMILES string of the molecule is CO[C@H]1CCN(c2cc([C@@H]3C[C@H]3c3cnc(-c4ncccn4)nc3)ccc2F)C1. The van der Waals surface area contributed by atoms with Gasteiger partial charge in [0, 0.05) is 45.0 Å². The van der Waals surface area contributed by atoms with Crippen LogP contribution in [-0.4, -0.2) is 46.2 Å². The van der Waals surface area contributed by atoms with Crippen molar-refractivity contribution in [1.82, 2.24) is 19.9 Å². The molecule has 0 radical (unpaired) electrons. The molecule has 0 spiro atoms. The van der Waals surface area contributed by atoms with Gasteiger partial charge in [-0.15, -0.1) is 0 Å². The van der Waals surface area contributed by atoms with Gasteiger partial charge < -0.3 is 9.64 Å². The first-order valence-corrected chi connectivity index (χ1v) is 9.89. The van der Waals surface area contributed by atoms with Gasteiger partial charge in [0.05, 0.1) is 11.8 Å². The average molecular weight is 391 g/mol. The van der Waals surface area contributed by atoms with Gasteiger partial charge in [0.2, 0.25) is 0 Å². The molecule has 0 bridgehead atoms. The summed E-state index contributed by atoms with van der Waals surface area (Å²) in [6.45, 7) is 1.56. The molecule has 0 amide bonds. The molecular weight excluding hydrogens is 369 g/mol. The Balaban J connectivity index is 1.32. The van der Waals surface area contributed by atoms with Gasteiger partial charge in [0.25, 0.3) is 0 Å². The Morgan fingerprint density at radius 1 is 1.00 bits per heavy atom. The van der Waals surface area contributed by atoms with Crippen molar-refractivity contribution in [3.8, 4) is 11.6 Å². The van der Waals surface area contributed by atoms with Crippen LogP contribution in [0.5, 0.6) is 0 Å². The highest BCUT2D eigenvalue weighted by molar-refractivity contribution is 5.53. The van der Waals surface area contributed by atoms with E-state index in [0.29, 0.717) is 29.2 Å². The number of halogens is 1. The average Bonchev–Trinajstić information content (AvgIpc) is 3.43. The molecule has 1 saturated heterocycles. The zero-order chi connectivity index (χ0) is 19.8. The van der Waals surface area contributed by atoms with Gasteiger partial charge in [0.15, 0.2) is 11.6 Å². The van der Waals surface area contributed by atoms with Crippen molar-refractivity contribution in [1.29, 1.82) is 0 Å². The summed E-state index contributed by atoms with van der Waals surface area (Å²) in [4.78, 5) is 19.3. The maximum Gasteiger partial charge on any atom is 0.197 e. The fourth-order valence-electron chi connectivity index (χ4n) is 4.13. The second-order valence-corrected chi connectivity index (χ2v) is 7.66. The Bertz CT molecular complexity index is 998. The second kappa shape index (κ2) is 7.48. The van der Waals surface area contributed by atoms with Crippen molar-refractivity contribution >= 4 is 5.69 Å². The lowest BCUT2D eigenvalue weighted by atomic mass is 10.1. The van der Waals surface area contributed by atoms with Gasteiger partial charge in [0.1, 0.15) is 5.82 Å². The molecule has 2 fully saturated rings. The Kier molecular flexibility index (Phi) is 4.67. The highest BCUT2D eigenvalue weighted by Crippen LogP contribution is 2.55. The van der Waals surface area contributed by atoms with Crippen LogP contribution in [0.2, 0.25) is 0 Å². The molecule has 2 aliphatic rings. The van der Waals surface area contributed by atoms with E-state index >= 15 is 0 Å². The minimum Gasteiger partial charge on any atom is -0.380 e. The Labute approximate surface area is 168 Å². The van der Waals surface area contributed by atoms with Gasteiger partial charge in [-0.2, -0.15) is 0 Å². The van der Waals surface area contributed by atoms with Crippen molar-refractivity contribution in [3.05, 3.63) is 66.0 Å². The summed E-state index contributed by atoms with van der Waals surface area (Å²) >= 11 is 0. The van der Waals surface area contributed by atoms with Crippen molar-refractivity contribution < 1.29 is 9.13 Å². The first-order chi connectivity index (χ1) is 14.2. The lowest BCUT2D eigenvalue weighted by Crippen LogP contribution is -2.23. The third-order valence-corrected chi connectivity index (χ3v) is 5.87. The molecular formula is C22H22FN5O. The van der Waals surface area contributed by atoms with Crippen LogP contribution in [0.4, 0.5) is 10.1 Å². The lowest BCUT2D eigenvalue weighted by molar-refractivity contribution is 0.121. The molecule has 1 aromatic carbocycles. The largest absolute Gasteiger partial charge is 0.380 e. The predicted molar refractivity (Wildman–Crippen MR) is 107 cm³/mol. The smallest absolute Gasteiger partial charge is 0.197 e. The monoisotopic (exact) mass is 391 g/mol. The number of hydrogen-bond acceptors (Lipinski definition) is 6. The van der Waals surface area contributed by atoms with Crippen LogP contribution in [0.1, 0.15) is 35.8 Å². The van der Waals surface area contributed by atoms with E-state index in [0.717, 1.165) is 31.5 Å². The predicted octanol–water partition coefficient (Wildman–Crippen LogP) is 3.57. The highest BCUT2D eigenvalue weighted by Gasteiger charge is 2.40. The molecule has 0 unspecified atom stereocenters. The minimum absolute atomic E-state index is 0.168. The number of aromatic nitrogens is 4. The number of rotatable bonds is 5. The molecule has 0 N–H and O–H groups in total. The van der Waals surface area contributed by atoms with E-state index in [2.05, 4.69) is 24.8 Å². The van der Waals surface area contributed by atoms with E-state index < -0.39 is 0 Å². The van der Waals surface area contributed by atoms with Gasteiger partial charge in [-0.05, 0) is 54.0 Å².